The highest BCUT2D eigenvalue weighted by Gasteiger charge is 2.09. The molecule has 1 heterocycles. The number of ether oxygens (including phenoxy) is 1. The summed E-state index contributed by atoms with van der Waals surface area (Å²) in [5.74, 6) is -0.432. The Labute approximate surface area is 112 Å². The van der Waals surface area contributed by atoms with E-state index in [9.17, 15) is 19.2 Å². The van der Waals surface area contributed by atoms with Crippen LogP contribution in [0.5, 0.6) is 0 Å². The predicted molar refractivity (Wildman–Crippen MR) is 63.9 cm³/mol. The molecule has 0 unspecified atom stereocenters. The quantitative estimate of drug-likeness (QED) is 0.361. The maximum atomic E-state index is 10.9. The standard InChI is InChI=1S/C8H9NO3.C2Cl2O2/c1-9-4-6(8(11)12-2)3-7(9)5-10;3-1(5)2(4)6/h3-5H,1-2H3;. The second-order valence-electron chi connectivity index (χ2n) is 2.92. The van der Waals surface area contributed by atoms with Gasteiger partial charge in [-0.1, -0.05) is 0 Å². The van der Waals surface area contributed by atoms with Gasteiger partial charge in [0.25, 0.3) is 0 Å². The molecule has 1 rings (SSSR count). The summed E-state index contributed by atoms with van der Waals surface area (Å²) >= 11 is 8.98. The van der Waals surface area contributed by atoms with Crippen LogP contribution >= 0.6 is 23.2 Å². The number of carbonyl (C=O) groups excluding carboxylic acids is 4. The molecule has 1 aromatic rings. The van der Waals surface area contributed by atoms with Crippen molar-refractivity contribution in [2.45, 2.75) is 0 Å². The Morgan fingerprint density at radius 3 is 2.06 bits per heavy atom. The van der Waals surface area contributed by atoms with Gasteiger partial charge < -0.3 is 9.30 Å². The highest BCUT2D eigenvalue weighted by Crippen LogP contribution is 2.05. The van der Waals surface area contributed by atoms with Crippen LogP contribution in [0.4, 0.5) is 0 Å². The number of aldehydes is 1. The van der Waals surface area contributed by atoms with E-state index in [4.69, 9.17) is 0 Å². The van der Waals surface area contributed by atoms with Gasteiger partial charge >= 0.3 is 16.5 Å². The third-order valence-corrected chi connectivity index (χ3v) is 2.18. The lowest BCUT2D eigenvalue weighted by Gasteiger charge is -1.91. The molecule has 6 nitrogen and oxygen atoms in total. The number of rotatable bonds is 3. The molecule has 0 amide bonds. The van der Waals surface area contributed by atoms with Crippen LogP contribution in [0.3, 0.4) is 0 Å². The van der Waals surface area contributed by atoms with Crippen molar-refractivity contribution in [3.63, 3.8) is 0 Å². The Hall–Kier alpha value is -1.66. The lowest BCUT2D eigenvalue weighted by Crippen LogP contribution is -1.98. The van der Waals surface area contributed by atoms with Crippen LogP contribution < -0.4 is 0 Å². The Balaban J connectivity index is 0.000000411. The maximum Gasteiger partial charge on any atom is 0.339 e. The Kier molecular flexibility index (Phi) is 6.92. The number of esters is 1. The molecular weight excluding hydrogens is 285 g/mol. The molecule has 0 N–H and O–H groups in total. The highest BCUT2D eigenvalue weighted by molar-refractivity contribution is 6.97. The van der Waals surface area contributed by atoms with Crippen LogP contribution in [-0.4, -0.2) is 34.4 Å². The molecule has 0 aliphatic heterocycles. The van der Waals surface area contributed by atoms with Crippen molar-refractivity contribution in [3.8, 4) is 0 Å². The normalized spacial score (nSPS) is 8.89. The molecular formula is C10H9Cl2NO5. The molecule has 0 radical (unpaired) electrons. The maximum absolute atomic E-state index is 10.9. The van der Waals surface area contributed by atoms with Crippen LogP contribution in [0, 0.1) is 0 Å². The molecule has 98 valence electrons. The van der Waals surface area contributed by atoms with Gasteiger partial charge in [-0.05, 0) is 29.3 Å². The monoisotopic (exact) mass is 293 g/mol. The largest absolute Gasteiger partial charge is 0.465 e. The number of hydrogen-bond acceptors (Lipinski definition) is 5. The first-order valence-electron chi connectivity index (χ1n) is 4.42. The molecule has 0 aliphatic carbocycles. The number of methoxy groups -OCH3 is 1. The van der Waals surface area contributed by atoms with E-state index in [1.54, 1.807) is 17.8 Å². The van der Waals surface area contributed by atoms with Gasteiger partial charge in [-0.2, -0.15) is 0 Å². The third kappa shape index (κ3) is 5.11. The van der Waals surface area contributed by atoms with Crippen molar-refractivity contribution in [3.05, 3.63) is 23.5 Å². The Morgan fingerprint density at radius 2 is 1.78 bits per heavy atom. The smallest absolute Gasteiger partial charge is 0.339 e. The molecule has 0 bridgehead atoms. The fraction of sp³-hybridized carbons (Fsp3) is 0.200. The predicted octanol–water partition coefficient (Wildman–Crippen LogP) is 1.14. The lowest BCUT2D eigenvalue weighted by molar-refractivity contribution is -0.127. The molecule has 1 aromatic heterocycles. The van der Waals surface area contributed by atoms with Crippen molar-refractivity contribution in [2.75, 3.05) is 7.11 Å². The lowest BCUT2D eigenvalue weighted by atomic mass is 10.3. The molecule has 0 spiro atoms. The van der Waals surface area contributed by atoms with Crippen LogP contribution in [0.15, 0.2) is 12.3 Å². The zero-order valence-electron chi connectivity index (χ0n) is 9.48. The summed E-state index contributed by atoms with van der Waals surface area (Å²) in [7, 11) is 2.99. The van der Waals surface area contributed by atoms with E-state index in [1.165, 1.54) is 13.2 Å². The van der Waals surface area contributed by atoms with E-state index in [1.807, 2.05) is 0 Å². The molecule has 0 aliphatic rings. The van der Waals surface area contributed by atoms with Gasteiger partial charge in [-0.3, -0.25) is 14.4 Å². The first-order valence-corrected chi connectivity index (χ1v) is 5.18. The van der Waals surface area contributed by atoms with Crippen molar-refractivity contribution in [1.29, 1.82) is 0 Å². The van der Waals surface area contributed by atoms with Gasteiger partial charge in [-0.25, -0.2) is 4.79 Å². The van der Waals surface area contributed by atoms with Crippen LogP contribution in [-0.2, 0) is 21.4 Å². The summed E-state index contributed by atoms with van der Waals surface area (Å²) in [6, 6.07) is 1.48. The molecule has 0 aromatic carbocycles. The number of hydrogen-bond donors (Lipinski definition) is 0. The Bertz CT molecular complexity index is 469. The molecule has 0 fully saturated rings. The minimum absolute atomic E-state index is 0.391. The zero-order chi connectivity index (χ0) is 14.3. The van der Waals surface area contributed by atoms with E-state index in [0.717, 1.165) is 0 Å². The van der Waals surface area contributed by atoms with E-state index in [0.29, 0.717) is 17.5 Å². The number of aromatic nitrogens is 1. The van der Waals surface area contributed by atoms with Crippen molar-refractivity contribution < 1.29 is 23.9 Å². The molecule has 0 saturated carbocycles. The summed E-state index contributed by atoms with van der Waals surface area (Å²) < 4.78 is 6.05. The molecule has 0 saturated heterocycles. The summed E-state index contributed by atoms with van der Waals surface area (Å²) in [4.78, 5) is 40.2. The second-order valence-corrected chi connectivity index (χ2v) is 3.61. The third-order valence-electron chi connectivity index (χ3n) is 1.74. The summed E-state index contributed by atoms with van der Waals surface area (Å²) in [6.45, 7) is 0. The highest BCUT2D eigenvalue weighted by atomic mass is 35.5. The van der Waals surface area contributed by atoms with E-state index >= 15 is 0 Å². The molecule has 8 heteroatoms. The molecule has 18 heavy (non-hydrogen) atoms. The van der Waals surface area contributed by atoms with Crippen molar-refractivity contribution in [2.24, 2.45) is 7.05 Å². The minimum Gasteiger partial charge on any atom is -0.465 e. The summed E-state index contributed by atoms with van der Waals surface area (Å²) in [6.07, 6.45) is 2.24. The van der Waals surface area contributed by atoms with Crippen LogP contribution in [0.25, 0.3) is 0 Å². The number of carbonyl (C=O) groups is 4. The second kappa shape index (κ2) is 7.62. The fourth-order valence-electron chi connectivity index (χ4n) is 0.928. The average molecular weight is 294 g/mol. The summed E-state index contributed by atoms with van der Waals surface area (Å²) in [5, 5.41) is -2.28. The Morgan fingerprint density at radius 1 is 1.28 bits per heavy atom. The van der Waals surface area contributed by atoms with Crippen LogP contribution in [0.2, 0.25) is 0 Å². The van der Waals surface area contributed by atoms with E-state index in [-0.39, 0.29) is 0 Å². The number of aryl methyl sites for hydroxylation is 1. The SMILES string of the molecule is COC(=O)c1cc(C=O)n(C)c1.O=C(Cl)C(=O)Cl. The van der Waals surface area contributed by atoms with Gasteiger partial charge in [0.1, 0.15) is 0 Å². The minimum atomic E-state index is -1.14. The van der Waals surface area contributed by atoms with E-state index < -0.39 is 16.5 Å². The topological polar surface area (TPSA) is 82.4 Å². The van der Waals surface area contributed by atoms with E-state index in [2.05, 4.69) is 27.9 Å². The van der Waals surface area contributed by atoms with Gasteiger partial charge in [0, 0.05) is 13.2 Å². The number of nitrogens with zero attached hydrogens (tertiary/aromatic N) is 1. The van der Waals surface area contributed by atoms with Gasteiger partial charge in [0.05, 0.1) is 18.4 Å². The average Bonchev–Trinajstić information content (AvgIpc) is 2.70. The molecule has 0 atom stereocenters. The summed E-state index contributed by atoms with van der Waals surface area (Å²) in [5.41, 5.74) is 0.845. The first-order chi connectivity index (χ1) is 8.33. The number of halogens is 2. The van der Waals surface area contributed by atoms with Crippen molar-refractivity contribution >= 4 is 45.9 Å². The van der Waals surface area contributed by atoms with Gasteiger partial charge in [0.15, 0.2) is 6.29 Å². The van der Waals surface area contributed by atoms with Gasteiger partial charge in [0.2, 0.25) is 0 Å². The fourth-order valence-corrected chi connectivity index (χ4v) is 0.928. The van der Waals surface area contributed by atoms with Gasteiger partial charge in [-0.15, -0.1) is 0 Å². The zero-order valence-corrected chi connectivity index (χ0v) is 11.0. The van der Waals surface area contributed by atoms with Crippen molar-refractivity contribution in [1.82, 2.24) is 4.57 Å². The first kappa shape index (κ1) is 16.3. The van der Waals surface area contributed by atoms with Crippen LogP contribution in [0.1, 0.15) is 20.8 Å².